The third-order valence-corrected chi connectivity index (χ3v) is 3.55. The van der Waals surface area contributed by atoms with E-state index in [1.165, 1.54) is 36.6 Å². The first-order valence-corrected chi connectivity index (χ1v) is 7.02. The Kier molecular flexibility index (Phi) is 4.37. The molecule has 1 aromatic carbocycles. The van der Waals surface area contributed by atoms with Crippen LogP contribution in [0.15, 0.2) is 30.5 Å². The van der Waals surface area contributed by atoms with Crippen LogP contribution in [0.25, 0.3) is 10.9 Å². The largest absolute Gasteiger partial charge is 0.389 e. The zero-order chi connectivity index (χ0) is 13.0. The molecule has 96 valence electrons. The van der Waals surface area contributed by atoms with E-state index in [0.29, 0.717) is 4.99 Å². The van der Waals surface area contributed by atoms with Crippen molar-refractivity contribution >= 4 is 28.1 Å². The molecule has 0 amide bonds. The summed E-state index contributed by atoms with van der Waals surface area (Å²) in [5.41, 5.74) is 7.87. The molecule has 2 N–H and O–H groups in total. The minimum Gasteiger partial charge on any atom is -0.389 e. The van der Waals surface area contributed by atoms with Gasteiger partial charge in [0.05, 0.1) is 0 Å². The van der Waals surface area contributed by atoms with E-state index in [2.05, 4.69) is 35.9 Å². The van der Waals surface area contributed by atoms with Crippen LogP contribution >= 0.6 is 12.2 Å². The van der Waals surface area contributed by atoms with E-state index in [1.54, 1.807) is 0 Å². The van der Waals surface area contributed by atoms with Crippen LogP contribution in [0.1, 0.15) is 38.2 Å². The van der Waals surface area contributed by atoms with E-state index in [-0.39, 0.29) is 0 Å². The molecule has 0 saturated carbocycles. The Bertz CT molecular complexity index is 542. The van der Waals surface area contributed by atoms with E-state index >= 15 is 0 Å². The molecule has 0 radical (unpaired) electrons. The van der Waals surface area contributed by atoms with Crippen molar-refractivity contribution in [3.05, 3.63) is 36.0 Å². The normalized spacial score (nSPS) is 10.9. The average molecular weight is 260 g/mol. The van der Waals surface area contributed by atoms with Gasteiger partial charge in [0.15, 0.2) is 0 Å². The number of hydrogen-bond acceptors (Lipinski definition) is 1. The fourth-order valence-corrected chi connectivity index (χ4v) is 2.37. The molecule has 0 saturated heterocycles. The molecule has 0 aliphatic carbocycles. The van der Waals surface area contributed by atoms with E-state index in [0.717, 1.165) is 12.1 Å². The topological polar surface area (TPSA) is 30.9 Å². The Hall–Kier alpha value is -1.35. The third kappa shape index (κ3) is 2.91. The van der Waals surface area contributed by atoms with Gasteiger partial charge >= 0.3 is 0 Å². The number of aryl methyl sites for hydroxylation is 1. The molecule has 0 fully saturated rings. The molecule has 0 aliphatic rings. The van der Waals surface area contributed by atoms with Crippen molar-refractivity contribution in [1.82, 2.24) is 4.57 Å². The van der Waals surface area contributed by atoms with Crippen LogP contribution in [-0.2, 0) is 6.54 Å². The summed E-state index contributed by atoms with van der Waals surface area (Å²) in [6.07, 6.45) is 7.27. The van der Waals surface area contributed by atoms with Crippen molar-refractivity contribution in [3.8, 4) is 0 Å². The zero-order valence-corrected chi connectivity index (χ0v) is 11.7. The molecule has 0 spiro atoms. The number of aromatic nitrogens is 1. The molecule has 2 aromatic rings. The van der Waals surface area contributed by atoms with Gasteiger partial charge in [0.2, 0.25) is 0 Å². The summed E-state index contributed by atoms with van der Waals surface area (Å²) in [4.78, 5) is 0.468. The number of hydrogen-bond donors (Lipinski definition) is 1. The van der Waals surface area contributed by atoms with Gasteiger partial charge in [-0.2, -0.15) is 0 Å². The molecule has 1 aromatic heterocycles. The molecular formula is C15H20N2S. The number of thiocarbonyl (C=S) groups is 1. The first-order chi connectivity index (χ1) is 8.72. The number of benzene rings is 1. The lowest BCUT2D eigenvalue weighted by Gasteiger charge is -2.06. The van der Waals surface area contributed by atoms with E-state index in [4.69, 9.17) is 18.0 Å². The SMILES string of the molecule is CCCCCCn1ccc2ccc(C(N)=S)cc21. The highest BCUT2D eigenvalue weighted by Gasteiger charge is 2.03. The summed E-state index contributed by atoms with van der Waals surface area (Å²) in [5, 5.41) is 1.26. The monoisotopic (exact) mass is 260 g/mol. The Morgan fingerprint density at radius 2 is 2.06 bits per heavy atom. The van der Waals surface area contributed by atoms with Gasteiger partial charge in [-0.1, -0.05) is 50.5 Å². The molecule has 0 aliphatic heterocycles. The minimum absolute atomic E-state index is 0.468. The molecule has 3 heteroatoms. The van der Waals surface area contributed by atoms with Crippen molar-refractivity contribution in [2.45, 2.75) is 39.2 Å². The van der Waals surface area contributed by atoms with E-state index < -0.39 is 0 Å². The highest BCUT2D eigenvalue weighted by atomic mass is 32.1. The summed E-state index contributed by atoms with van der Waals surface area (Å²) >= 11 is 5.03. The van der Waals surface area contributed by atoms with Crippen molar-refractivity contribution in [1.29, 1.82) is 0 Å². The first-order valence-electron chi connectivity index (χ1n) is 6.61. The maximum absolute atomic E-state index is 5.69. The van der Waals surface area contributed by atoms with Gasteiger partial charge in [0, 0.05) is 23.8 Å². The summed E-state index contributed by atoms with van der Waals surface area (Å²) in [5.74, 6) is 0. The smallest absolute Gasteiger partial charge is 0.104 e. The van der Waals surface area contributed by atoms with Crippen LogP contribution in [0, 0.1) is 0 Å². The van der Waals surface area contributed by atoms with Crippen molar-refractivity contribution in [3.63, 3.8) is 0 Å². The summed E-state index contributed by atoms with van der Waals surface area (Å²) < 4.78 is 2.30. The van der Waals surface area contributed by atoms with Gasteiger partial charge in [-0.05, 0) is 23.9 Å². The lowest BCUT2D eigenvalue weighted by molar-refractivity contribution is 0.593. The van der Waals surface area contributed by atoms with Crippen LogP contribution in [0.5, 0.6) is 0 Å². The molecule has 0 bridgehead atoms. The third-order valence-electron chi connectivity index (χ3n) is 3.31. The highest BCUT2D eigenvalue weighted by molar-refractivity contribution is 7.80. The summed E-state index contributed by atoms with van der Waals surface area (Å²) in [6.45, 7) is 3.31. The fourth-order valence-electron chi connectivity index (χ4n) is 2.24. The maximum atomic E-state index is 5.69. The average Bonchev–Trinajstić information content (AvgIpc) is 2.77. The zero-order valence-electron chi connectivity index (χ0n) is 10.9. The second-order valence-electron chi connectivity index (χ2n) is 4.71. The lowest BCUT2D eigenvalue weighted by Crippen LogP contribution is -2.09. The van der Waals surface area contributed by atoms with Crippen molar-refractivity contribution in [2.75, 3.05) is 0 Å². The van der Waals surface area contributed by atoms with Gasteiger partial charge in [0.25, 0.3) is 0 Å². The highest BCUT2D eigenvalue weighted by Crippen LogP contribution is 2.18. The predicted molar refractivity (Wildman–Crippen MR) is 82.0 cm³/mol. The quantitative estimate of drug-likeness (QED) is 0.631. The van der Waals surface area contributed by atoms with Gasteiger partial charge in [0.1, 0.15) is 4.99 Å². The fraction of sp³-hybridized carbons (Fsp3) is 0.400. The Balaban J connectivity index is 2.17. The van der Waals surface area contributed by atoms with Gasteiger partial charge in [-0.25, -0.2) is 0 Å². The number of nitrogens with two attached hydrogens (primary N) is 1. The minimum atomic E-state index is 0.468. The first kappa shape index (κ1) is 13.1. The Labute approximate surface area is 114 Å². The van der Waals surface area contributed by atoms with Crippen LogP contribution < -0.4 is 5.73 Å². The number of fused-ring (bicyclic) bond motifs is 1. The molecule has 0 atom stereocenters. The molecule has 2 nitrogen and oxygen atoms in total. The summed E-state index contributed by atoms with van der Waals surface area (Å²) in [7, 11) is 0. The standard InChI is InChI=1S/C15H20N2S/c1-2-3-4-5-9-17-10-8-12-6-7-13(15(16)18)11-14(12)17/h6-8,10-11H,2-5,9H2,1H3,(H2,16,18). The number of rotatable bonds is 6. The number of unbranched alkanes of at least 4 members (excludes halogenated alkanes) is 3. The van der Waals surface area contributed by atoms with Crippen LogP contribution in [0.2, 0.25) is 0 Å². The molecular weight excluding hydrogens is 240 g/mol. The Morgan fingerprint density at radius 3 is 2.78 bits per heavy atom. The van der Waals surface area contributed by atoms with Crippen LogP contribution in [0.4, 0.5) is 0 Å². The molecule has 0 unspecified atom stereocenters. The van der Waals surface area contributed by atoms with Gasteiger partial charge in [-0.3, -0.25) is 0 Å². The predicted octanol–water partition coefficient (Wildman–Crippen LogP) is 3.86. The van der Waals surface area contributed by atoms with Crippen molar-refractivity contribution < 1.29 is 0 Å². The number of nitrogens with zero attached hydrogens (tertiary/aromatic N) is 1. The maximum Gasteiger partial charge on any atom is 0.104 e. The molecule has 2 rings (SSSR count). The van der Waals surface area contributed by atoms with Crippen LogP contribution in [-0.4, -0.2) is 9.56 Å². The molecule has 1 heterocycles. The van der Waals surface area contributed by atoms with Crippen LogP contribution in [0.3, 0.4) is 0 Å². The summed E-state index contributed by atoms with van der Waals surface area (Å²) in [6, 6.07) is 8.33. The lowest BCUT2D eigenvalue weighted by atomic mass is 10.1. The second kappa shape index (κ2) is 6.01. The van der Waals surface area contributed by atoms with Gasteiger partial charge < -0.3 is 10.3 Å². The van der Waals surface area contributed by atoms with Crippen molar-refractivity contribution in [2.24, 2.45) is 5.73 Å². The second-order valence-corrected chi connectivity index (χ2v) is 5.15. The van der Waals surface area contributed by atoms with E-state index in [9.17, 15) is 0 Å². The van der Waals surface area contributed by atoms with E-state index in [1.807, 2.05) is 6.07 Å². The molecule has 18 heavy (non-hydrogen) atoms. The Morgan fingerprint density at radius 1 is 1.22 bits per heavy atom. The van der Waals surface area contributed by atoms with Gasteiger partial charge in [-0.15, -0.1) is 0 Å².